The number of methoxy groups -OCH3 is 1. The van der Waals surface area contributed by atoms with Crippen molar-refractivity contribution in [1.82, 2.24) is 4.90 Å². The van der Waals surface area contributed by atoms with Gasteiger partial charge in [0.25, 0.3) is 0 Å². The summed E-state index contributed by atoms with van der Waals surface area (Å²) in [6.07, 6.45) is 0.965. The average molecular weight is 283 g/mol. The predicted molar refractivity (Wildman–Crippen MR) is 75.2 cm³/mol. The quantitative estimate of drug-likeness (QED) is 0.913. The van der Waals surface area contributed by atoms with E-state index in [4.69, 9.17) is 22.1 Å². The number of ether oxygens (including phenoxy) is 1. The lowest BCUT2D eigenvalue weighted by atomic mass is 9.99. The summed E-state index contributed by atoms with van der Waals surface area (Å²) in [6.45, 7) is 1.74. The Kier molecular flexibility index (Phi) is 4.80. The fraction of sp³-hybridized carbons (Fsp3) is 0.500. The highest BCUT2D eigenvalue weighted by Crippen LogP contribution is 2.28. The van der Waals surface area contributed by atoms with Crippen LogP contribution in [0.15, 0.2) is 24.3 Å². The van der Waals surface area contributed by atoms with Crippen LogP contribution >= 0.6 is 11.6 Å². The number of nitrogens with two attached hydrogens (primary N) is 1. The Labute approximate surface area is 118 Å². The molecular weight excluding hydrogens is 264 g/mol. The van der Waals surface area contributed by atoms with Crippen molar-refractivity contribution < 1.29 is 9.53 Å². The predicted octanol–water partition coefficient (Wildman–Crippen LogP) is 1.63. The van der Waals surface area contributed by atoms with E-state index >= 15 is 0 Å². The van der Waals surface area contributed by atoms with Crippen LogP contribution in [0, 0.1) is 0 Å². The Hall–Kier alpha value is -1.10. The first kappa shape index (κ1) is 14.3. The van der Waals surface area contributed by atoms with Crippen molar-refractivity contribution in [2.75, 3.05) is 26.8 Å². The van der Waals surface area contributed by atoms with Crippen molar-refractivity contribution in [3.05, 3.63) is 34.9 Å². The molecule has 1 heterocycles. The Morgan fingerprint density at radius 3 is 2.84 bits per heavy atom. The van der Waals surface area contributed by atoms with E-state index < -0.39 is 6.04 Å². The highest BCUT2D eigenvalue weighted by Gasteiger charge is 2.29. The Balaban J connectivity index is 1.96. The largest absolute Gasteiger partial charge is 0.383 e. The molecule has 0 bridgehead atoms. The fourth-order valence-corrected chi connectivity index (χ4v) is 2.58. The second kappa shape index (κ2) is 6.37. The van der Waals surface area contributed by atoms with Gasteiger partial charge in [0.1, 0.15) is 6.04 Å². The maximum Gasteiger partial charge on any atom is 0.241 e. The number of rotatable bonds is 4. The van der Waals surface area contributed by atoms with Crippen LogP contribution in [0.1, 0.15) is 17.9 Å². The molecule has 2 N–H and O–H groups in total. The highest BCUT2D eigenvalue weighted by molar-refractivity contribution is 6.30. The second-order valence-corrected chi connectivity index (χ2v) is 5.32. The molecule has 0 aliphatic carbocycles. The van der Waals surface area contributed by atoms with E-state index in [-0.39, 0.29) is 12.5 Å². The summed E-state index contributed by atoms with van der Waals surface area (Å²) in [5.41, 5.74) is 7.00. The van der Waals surface area contributed by atoms with Gasteiger partial charge in [0.2, 0.25) is 5.91 Å². The molecule has 0 aromatic heterocycles. The van der Waals surface area contributed by atoms with E-state index in [0.29, 0.717) is 5.92 Å². The summed E-state index contributed by atoms with van der Waals surface area (Å²) in [6, 6.07) is 7.26. The van der Waals surface area contributed by atoms with Gasteiger partial charge in [-0.3, -0.25) is 4.79 Å². The van der Waals surface area contributed by atoms with Crippen LogP contribution in [0.5, 0.6) is 0 Å². The molecule has 5 heteroatoms. The zero-order valence-corrected chi connectivity index (χ0v) is 11.8. The topological polar surface area (TPSA) is 55.6 Å². The Bertz CT molecular complexity index is 436. The molecule has 0 saturated carbocycles. The van der Waals surface area contributed by atoms with Crippen LogP contribution in [0.2, 0.25) is 5.02 Å². The van der Waals surface area contributed by atoms with Gasteiger partial charge < -0.3 is 15.4 Å². The molecule has 19 heavy (non-hydrogen) atoms. The van der Waals surface area contributed by atoms with Gasteiger partial charge in [-0.05, 0) is 24.1 Å². The van der Waals surface area contributed by atoms with Crippen LogP contribution in [-0.2, 0) is 9.53 Å². The summed E-state index contributed by atoms with van der Waals surface area (Å²) in [5.74, 6) is 0.342. The van der Waals surface area contributed by atoms with Gasteiger partial charge >= 0.3 is 0 Å². The zero-order chi connectivity index (χ0) is 13.8. The number of hydrogen-bond acceptors (Lipinski definition) is 3. The van der Waals surface area contributed by atoms with E-state index in [1.165, 1.54) is 5.56 Å². The first-order valence-corrected chi connectivity index (χ1v) is 6.78. The number of likely N-dealkylation sites (tertiary alicyclic amines) is 1. The third kappa shape index (κ3) is 3.47. The van der Waals surface area contributed by atoms with Gasteiger partial charge in [-0.15, -0.1) is 0 Å². The first-order chi connectivity index (χ1) is 9.11. The maximum absolute atomic E-state index is 12.1. The molecule has 0 radical (unpaired) electrons. The summed E-state index contributed by atoms with van der Waals surface area (Å²) in [7, 11) is 1.55. The van der Waals surface area contributed by atoms with Crippen molar-refractivity contribution in [2.45, 2.75) is 18.4 Å². The summed E-state index contributed by atoms with van der Waals surface area (Å²) in [4.78, 5) is 13.9. The van der Waals surface area contributed by atoms with Crippen molar-refractivity contribution in [2.24, 2.45) is 5.73 Å². The van der Waals surface area contributed by atoms with Crippen molar-refractivity contribution in [1.29, 1.82) is 0 Å². The zero-order valence-electron chi connectivity index (χ0n) is 11.0. The minimum atomic E-state index is -0.561. The van der Waals surface area contributed by atoms with Gasteiger partial charge in [0, 0.05) is 31.1 Å². The molecule has 1 aromatic carbocycles. The minimum absolute atomic E-state index is 0.0293. The molecule has 1 saturated heterocycles. The summed E-state index contributed by atoms with van der Waals surface area (Å²) >= 11 is 5.88. The second-order valence-electron chi connectivity index (χ2n) is 4.88. The van der Waals surface area contributed by atoms with Gasteiger partial charge in [0.05, 0.1) is 6.61 Å². The van der Waals surface area contributed by atoms with Crippen LogP contribution < -0.4 is 5.73 Å². The van der Waals surface area contributed by atoms with Crippen LogP contribution in [-0.4, -0.2) is 43.7 Å². The Morgan fingerprint density at radius 2 is 2.21 bits per heavy atom. The van der Waals surface area contributed by atoms with Crippen molar-refractivity contribution in [3.8, 4) is 0 Å². The minimum Gasteiger partial charge on any atom is -0.383 e. The molecule has 1 amide bonds. The SMILES string of the molecule is COCC(N)C(=O)N1CCC(c2ccc(Cl)cc2)C1. The first-order valence-electron chi connectivity index (χ1n) is 6.40. The van der Waals surface area contributed by atoms with E-state index in [1.807, 2.05) is 29.2 Å². The lowest BCUT2D eigenvalue weighted by molar-refractivity contribution is -0.132. The van der Waals surface area contributed by atoms with Crippen LogP contribution in [0.4, 0.5) is 0 Å². The lowest BCUT2D eigenvalue weighted by Gasteiger charge is -2.20. The molecule has 1 aliphatic rings. The number of amides is 1. The van der Waals surface area contributed by atoms with E-state index in [9.17, 15) is 4.79 Å². The summed E-state index contributed by atoms with van der Waals surface area (Å²) < 4.78 is 4.92. The van der Waals surface area contributed by atoms with E-state index in [1.54, 1.807) is 7.11 Å². The van der Waals surface area contributed by atoms with Gasteiger partial charge in [-0.1, -0.05) is 23.7 Å². The van der Waals surface area contributed by atoms with Gasteiger partial charge in [0.15, 0.2) is 0 Å². The molecule has 2 unspecified atom stereocenters. The molecule has 1 aliphatic heterocycles. The molecular formula is C14H19ClN2O2. The summed E-state index contributed by atoms with van der Waals surface area (Å²) in [5, 5.41) is 0.733. The molecule has 2 rings (SSSR count). The third-order valence-corrected chi connectivity index (χ3v) is 3.76. The molecule has 4 nitrogen and oxygen atoms in total. The average Bonchev–Trinajstić information content (AvgIpc) is 2.88. The smallest absolute Gasteiger partial charge is 0.241 e. The van der Waals surface area contributed by atoms with Crippen molar-refractivity contribution >= 4 is 17.5 Å². The fourth-order valence-electron chi connectivity index (χ4n) is 2.45. The van der Waals surface area contributed by atoms with Crippen LogP contribution in [0.25, 0.3) is 0 Å². The Morgan fingerprint density at radius 1 is 1.53 bits per heavy atom. The maximum atomic E-state index is 12.1. The highest BCUT2D eigenvalue weighted by atomic mass is 35.5. The molecule has 104 valence electrons. The number of carbonyl (C=O) groups excluding carboxylic acids is 1. The van der Waals surface area contributed by atoms with Gasteiger partial charge in [-0.25, -0.2) is 0 Å². The number of halogens is 1. The number of nitrogens with zero attached hydrogens (tertiary/aromatic N) is 1. The normalized spacial score (nSPS) is 20.6. The molecule has 1 fully saturated rings. The van der Waals surface area contributed by atoms with E-state index in [2.05, 4.69) is 0 Å². The molecule has 1 aromatic rings. The number of benzene rings is 1. The molecule has 2 atom stereocenters. The molecule has 0 spiro atoms. The number of carbonyl (C=O) groups is 1. The standard InChI is InChI=1S/C14H19ClN2O2/c1-19-9-13(16)14(18)17-7-6-11(8-17)10-2-4-12(15)5-3-10/h2-5,11,13H,6-9,16H2,1H3. The van der Waals surface area contributed by atoms with Crippen LogP contribution in [0.3, 0.4) is 0 Å². The monoisotopic (exact) mass is 282 g/mol. The lowest BCUT2D eigenvalue weighted by Crippen LogP contribution is -2.45. The van der Waals surface area contributed by atoms with Gasteiger partial charge in [-0.2, -0.15) is 0 Å². The van der Waals surface area contributed by atoms with Crippen molar-refractivity contribution in [3.63, 3.8) is 0 Å². The number of hydrogen-bond donors (Lipinski definition) is 1. The third-order valence-electron chi connectivity index (χ3n) is 3.50. The van der Waals surface area contributed by atoms with E-state index in [0.717, 1.165) is 24.5 Å².